The van der Waals surface area contributed by atoms with Gasteiger partial charge in [-0.3, -0.25) is 14.2 Å². The highest BCUT2D eigenvalue weighted by Gasteiger charge is 2.07. The lowest BCUT2D eigenvalue weighted by molar-refractivity contribution is 0.0995. The quantitative estimate of drug-likeness (QED) is 0.700. The summed E-state index contributed by atoms with van der Waals surface area (Å²) in [6, 6.07) is 1.05. The van der Waals surface area contributed by atoms with E-state index in [1.165, 1.54) is 23.4 Å². The van der Waals surface area contributed by atoms with Crippen molar-refractivity contribution in [2.24, 2.45) is 5.73 Å². The molecule has 0 aliphatic rings. The number of carbonyl (C=O) groups is 1. The summed E-state index contributed by atoms with van der Waals surface area (Å²) in [5.74, 6) is -0.746. The Balaban J connectivity index is 2.53. The smallest absolute Gasteiger partial charge is 0.267 e. The van der Waals surface area contributed by atoms with Gasteiger partial charge in [-0.2, -0.15) is 0 Å². The Hall–Kier alpha value is -2.44. The van der Waals surface area contributed by atoms with Crippen molar-refractivity contribution in [1.29, 1.82) is 0 Å². The van der Waals surface area contributed by atoms with E-state index in [1.54, 1.807) is 0 Å². The molecule has 2 heterocycles. The average molecular weight is 206 g/mol. The topological polar surface area (TPSA) is 104 Å². The van der Waals surface area contributed by atoms with Crippen molar-refractivity contribution >= 4 is 5.91 Å². The predicted octanol–water partition coefficient (Wildman–Crippen LogP) is -0.681. The number of hydrogen-bond donors (Lipinski definition) is 1. The number of carbonyl (C=O) groups excluding carboxylic acids is 1. The third-order valence-electron chi connectivity index (χ3n) is 1.76. The largest absolute Gasteiger partial charge is 0.364 e. The van der Waals surface area contributed by atoms with E-state index in [2.05, 4.69) is 14.7 Å². The fourth-order valence-electron chi connectivity index (χ4n) is 1.05. The molecule has 7 nitrogen and oxygen atoms in total. The van der Waals surface area contributed by atoms with E-state index >= 15 is 0 Å². The highest BCUT2D eigenvalue weighted by atomic mass is 16.5. The van der Waals surface area contributed by atoms with Crippen LogP contribution in [0.15, 0.2) is 34.2 Å². The van der Waals surface area contributed by atoms with E-state index in [0.29, 0.717) is 5.69 Å². The summed E-state index contributed by atoms with van der Waals surface area (Å²) < 4.78 is 5.76. The van der Waals surface area contributed by atoms with E-state index < -0.39 is 11.5 Å². The lowest BCUT2D eigenvalue weighted by Crippen LogP contribution is -2.22. The number of amides is 1. The first-order chi connectivity index (χ1) is 7.18. The highest BCUT2D eigenvalue weighted by Crippen LogP contribution is 2.01. The molecule has 0 saturated heterocycles. The second-order valence-electron chi connectivity index (χ2n) is 2.73. The second kappa shape index (κ2) is 3.37. The van der Waals surface area contributed by atoms with Gasteiger partial charge in [-0.25, -0.2) is 4.98 Å². The maximum absolute atomic E-state index is 11.5. The molecule has 0 fully saturated rings. The van der Waals surface area contributed by atoms with Crippen LogP contribution in [0.1, 0.15) is 10.5 Å². The first kappa shape index (κ1) is 9.13. The van der Waals surface area contributed by atoms with Crippen molar-refractivity contribution in [2.75, 3.05) is 0 Å². The van der Waals surface area contributed by atoms with Gasteiger partial charge in [0.1, 0.15) is 24.0 Å². The Kier molecular flexibility index (Phi) is 2.05. The first-order valence-electron chi connectivity index (χ1n) is 3.97. The van der Waals surface area contributed by atoms with Crippen molar-refractivity contribution in [2.45, 2.75) is 0 Å². The summed E-state index contributed by atoms with van der Waals surface area (Å²) in [7, 11) is 0. The highest BCUT2D eigenvalue weighted by molar-refractivity contribution is 5.90. The van der Waals surface area contributed by atoms with Crippen LogP contribution in [0.4, 0.5) is 0 Å². The van der Waals surface area contributed by atoms with E-state index in [1.807, 2.05) is 0 Å². The minimum Gasteiger partial charge on any atom is -0.364 e. The van der Waals surface area contributed by atoms with Crippen molar-refractivity contribution in [3.63, 3.8) is 0 Å². The molecule has 0 aliphatic carbocycles. The third-order valence-corrected chi connectivity index (χ3v) is 1.76. The number of aromatic nitrogens is 3. The zero-order valence-electron chi connectivity index (χ0n) is 7.45. The second-order valence-corrected chi connectivity index (χ2v) is 2.73. The minimum atomic E-state index is -0.746. The molecule has 15 heavy (non-hydrogen) atoms. The maximum Gasteiger partial charge on any atom is 0.267 e. The van der Waals surface area contributed by atoms with Gasteiger partial charge in [-0.15, -0.1) is 0 Å². The van der Waals surface area contributed by atoms with Gasteiger partial charge < -0.3 is 10.3 Å². The van der Waals surface area contributed by atoms with E-state index in [0.717, 1.165) is 6.07 Å². The predicted molar refractivity (Wildman–Crippen MR) is 48.4 cm³/mol. The van der Waals surface area contributed by atoms with Crippen LogP contribution in [0.2, 0.25) is 0 Å². The maximum atomic E-state index is 11.5. The Morgan fingerprint density at radius 1 is 1.53 bits per heavy atom. The van der Waals surface area contributed by atoms with Crippen LogP contribution in [0.5, 0.6) is 0 Å². The Bertz CT molecular complexity index is 543. The molecule has 76 valence electrons. The summed E-state index contributed by atoms with van der Waals surface area (Å²) in [5, 5.41) is 3.44. The fraction of sp³-hybridized carbons (Fsp3) is 0. The number of nitrogens with two attached hydrogens (primary N) is 1. The molecule has 2 aromatic rings. The summed E-state index contributed by atoms with van der Waals surface area (Å²) in [6.07, 6.45) is 3.83. The van der Waals surface area contributed by atoms with Crippen LogP contribution < -0.4 is 11.3 Å². The molecule has 0 spiro atoms. The summed E-state index contributed by atoms with van der Waals surface area (Å²) >= 11 is 0. The van der Waals surface area contributed by atoms with Crippen LogP contribution >= 0.6 is 0 Å². The van der Waals surface area contributed by atoms with Gasteiger partial charge in [0.15, 0.2) is 0 Å². The number of primary amides is 1. The van der Waals surface area contributed by atoms with Gasteiger partial charge in [0.25, 0.3) is 11.5 Å². The molecule has 0 saturated carbocycles. The molecule has 2 aromatic heterocycles. The standard InChI is InChI=1S/C8H6N4O3/c9-8(14)6-1-7(13)12(4-10-6)5-2-11-15-3-5/h1-4H,(H2,9,14). The van der Waals surface area contributed by atoms with Crippen molar-refractivity contribution < 1.29 is 9.32 Å². The van der Waals surface area contributed by atoms with Crippen LogP contribution in [0.3, 0.4) is 0 Å². The Morgan fingerprint density at radius 2 is 2.33 bits per heavy atom. The van der Waals surface area contributed by atoms with E-state index in [4.69, 9.17) is 5.73 Å². The van der Waals surface area contributed by atoms with E-state index in [9.17, 15) is 9.59 Å². The van der Waals surface area contributed by atoms with Crippen molar-refractivity contribution in [3.05, 3.63) is 40.9 Å². The van der Waals surface area contributed by atoms with Gasteiger partial charge in [0.2, 0.25) is 0 Å². The molecule has 0 bridgehead atoms. The molecular formula is C8H6N4O3. The Morgan fingerprint density at radius 3 is 2.87 bits per heavy atom. The molecule has 2 N–H and O–H groups in total. The summed E-state index contributed by atoms with van der Waals surface area (Å²) in [5.41, 5.74) is 4.90. The van der Waals surface area contributed by atoms with Gasteiger partial charge in [0.05, 0.1) is 6.20 Å². The lowest BCUT2D eigenvalue weighted by Gasteiger charge is -1.99. The number of nitrogens with zero attached hydrogens (tertiary/aromatic N) is 3. The molecule has 2 rings (SSSR count). The van der Waals surface area contributed by atoms with Gasteiger partial charge >= 0.3 is 0 Å². The fourth-order valence-corrected chi connectivity index (χ4v) is 1.05. The molecule has 0 atom stereocenters. The normalized spacial score (nSPS) is 10.1. The minimum absolute atomic E-state index is 0.0762. The molecule has 0 unspecified atom stereocenters. The van der Waals surface area contributed by atoms with Crippen LogP contribution in [-0.2, 0) is 0 Å². The van der Waals surface area contributed by atoms with Gasteiger partial charge in [0, 0.05) is 6.07 Å². The molecule has 7 heteroatoms. The van der Waals surface area contributed by atoms with Crippen molar-refractivity contribution in [1.82, 2.24) is 14.7 Å². The zero-order valence-corrected chi connectivity index (χ0v) is 7.45. The van der Waals surface area contributed by atoms with Gasteiger partial charge in [-0.05, 0) is 0 Å². The average Bonchev–Trinajstić information content (AvgIpc) is 2.70. The SMILES string of the molecule is NC(=O)c1cc(=O)n(-c2cnoc2)cn1. The van der Waals surface area contributed by atoms with E-state index in [-0.39, 0.29) is 5.69 Å². The zero-order chi connectivity index (χ0) is 10.8. The van der Waals surface area contributed by atoms with Crippen LogP contribution in [-0.4, -0.2) is 20.6 Å². The summed E-state index contributed by atoms with van der Waals surface area (Å²) in [4.78, 5) is 25.9. The third kappa shape index (κ3) is 1.62. The number of rotatable bonds is 2. The molecule has 0 aliphatic heterocycles. The Labute approximate surface area is 83.1 Å². The monoisotopic (exact) mass is 206 g/mol. The number of hydrogen-bond acceptors (Lipinski definition) is 5. The molecule has 1 amide bonds. The lowest BCUT2D eigenvalue weighted by atomic mass is 10.4. The van der Waals surface area contributed by atoms with Crippen molar-refractivity contribution in [3.8, 4) is 5.69 Å². The molecule has 0 radical (unpaired) electrons. The molecule has 0 aromatic carbocycles. The van der Waals surface area contributed by atoms with Gasteiger partial charge in [-0.1, -0.05) is 5.16 Å². The first-order valence-corrected chi connectivity index (χ1v) is 3.97. The summed E-state index contributed by atoms with van der Waals surface area (Å²) in [6.45, 7) is 0. The van der Waals surface area contributed by atoms with Crippen LogP contribution in [0, 0.1) is 0 Å². The van der Waals surface area contributed by atoms with Crippen LogP contribution in [0.25, 0.3) is 5.69 Å². The molecular weight excluding hydrogens is 200 g/mol.